The Labute approximate surface area is 110 Å². The fourth-order valence-corrected chi connectivity index (χ4v) is 3.10. The average Bonchev–Trinajstić information content (AvgIpc) is 2.97. The molecule has 1 N–H and O–H groups in total. The van der Waals surface area contributed by atoms with Crippen LogP contribution in [0.25, 0.3) is 0 Å². The van der Waals surface area contributed by atoms with Crippen molar-refractivity contribution in [3.63, 3.8) is 0 Å². The van der Waals surface area contributed by atoms with Crippen molar-refractivity contribution in [1.29, 1.82) is 0 Å². The summed E-state index contributed by atoms with van der Waals surface area (Å²) >= 11 is 1.82. The Kier molecular flexibility index (Phi) is 5.05. The number of hydrogen-bond donors (Lipinski definition) is 1. The van der Waals surface area contributed by atoms with Gasteiger partial charge in [-0.1, -0.05) is 13.8 Å². The van der Waals surface area contributed by atoms with Crippen molar-refractivity contribution >= 4 is 11.3 Å². The molecule has 1 atom stereocenters. The topological polar surface area (TPSA) is 12.0 Å². The summed E-state index contributed by atoms with van der Waals surface area (Å²) in [5.41, 5.74) is 1.52. The summed E-state index contributed by atoms with van der Waals surface area (Å²) in [6.07, 6.45) is 6.77. The Balaban J connectivity index is 1.72. The van der Waals surface area contributed by atoms with Crippen molar-refractivity contribution in [3.8, 4) is 0 Å². The Hall–Kier alpha value is -0.340. The summed E-state index contributed by atoms with van der Waals surface area (Å²) in [6.45, 7) is 5.91. The predicted molar refractivity (Wildman–Crippen MR) is 76.6 cm³/mol. The molecule has 2 rings (SSSR count). The molecule has 1 heterocycles. The summed E-state index contributed by atoms with van der Waals surface area (Å²) in [5.74, 6) is 1.68. The van der Waals surface area contributed by atoms with Gasteiger partial charge in [0, 0.05) is 6.04 Å². The van der Waals surface area contributed by atoms with E-state index >= 15 is 0 Å². The highest BCUT2D eigenvalue weighted by atomic mass is 32.1. The van der Waals surface area contributed by atoms with Crippen LogP contribution in [0, 0.1) is 11.8 Å². The van der Waals surface area contributed by atoms with Gasteiger partial charge in [0.15, 0.2) is 0 Å². The van der Waals surface area contributed by atoms with Gasteiger partial charge in [-0.25, -0.2) is 0 Å². The van der Waals surface area contributed by atoms with Gasteiger partial charge in [-0.15, -0.1) is 0 Å². The predicted octanol–water partition coefficient (Wildman–Crippen LogP) is 4.10. The Bertz CT molecular complexity index is 301. The van der Waals surface area contributed by atoms with Gasteiger partial charge in [-0.2, -0.15) is 11.3 Å². The lowest BCUT2D eigenvalue weighted by molar-refractivity contribution is 0.366. The van der Waals surface area contributed by atoms with Crippen LogP contribution in [-0.4, -0.2) is 12.6 Å². The average molecular weight is 251 g/mol. The van der Waals surface area contributed by atoms with E-state index in [0.29, 0.717) is 0 Å². The summed E-state index contributed by atoms with van der Waals surface area (Å²) in [5, 5.41) is 8.18. The molecule has 1 nitrogen and oxygen atoms in total. The highest BCUT2D eigenvalue weighted by molar-refractivity contribution is 7.07. The van der Waals surface area contributed by atoms with Gasteiger partial charge in [0.05, 0.1) is 0 Å². The van der Waals surface area contributed by atoms with Gasteiger partial charge < -0.3 is 5.32 Å². The first-order chi connectivity index (χ1) is 8.24. The molecule has 1 aromatic rings. The number of thiophene rings is 1. The first-order valence-electron chi connectivity index (χ1n) is 6.98. The van der Waals surface area contributed by atoms with Crippen LogP contribution in [0.15, 0.2) is 16.8 Å². The van der Waals surface area contributed by atoms with E-state index in [1.807, 2.05) is 11.3 Å². The first-order valence-corrected chi connectivity index (χ1v) is 7.92. The van der Waals surface area contributed by atoms with Crippen molar-refractivity contribution in [3.05, 3.63) is 22.4 Å². The summed E-state index contributed by atoms with van der Waals surface area (Å²) in [7, 11) is 0. The molecule has 0 aromatic carbocycles. The van der Waals surface area contributed by atoms with E-state index in [4.69, 9.17) is 0 Å². The van der Waals surface area contributed by atoms with Crippen LogP contribution in [0.4, 0.5) is 0 Å². The van der Waals surface area contributed by atoms with Crippen LogP contribution in [0.2, 0.25) is 0 Å². The maximum atomic E-state index is 3.69. The smallest absolute Gasteiger partial charge is 0.00683 e. The highest BCUT2D eigenvalue weighted by Gasteiger charge is 2.22. The molecule has 17 heavy (non-hydrogen) atoms. The van der Waals surface area contributed by atoms with E-state index in [2.05, 4.69) is 36.0 Å². The highest BCUT2D eigenvalue weighted by Crippen LogP contribution is 2.22. The molecule has 1 fully saturated rings. The lowest BCUT2D eigenvalue weighted by Gasteiger charge is -2.19. The molecule has 0 bridgehead atoms. The minimum Gasteiger partial charge on any atom is -0.314 e. The lowest BCUT2D eigenvalue weighted by atomic mass is 9.91. The van der Waals surface area contributed by atoms with Crippen molar-refractivity contribution in [2.45, 2.75) is 52.0 Å². The number of aryl methyl sites for hydroxylation is 1. The molecule has 1 unspecified atom stereocenters. The number of nitrogens with one attached hydrogen (secondary N) is 1. The number of hydrogen-bond acceptors (Lipinski definition) is 2. The molecular formula is C15H25NS. The molecule has 2 heteroatoms. The third-order valence-corrected chi connectivity index (χ3v) is 4.23. The molecule has 96 valence electrons. The maximum absolute atomic E-state index is 3.69. The molecule has 1 aliphatic rings. The van der Waals surface area contributed by atoms with Gasteiger partial charge in [0.25, 0.3) is 0 Å². The quantitative estimate of drug-likeness (QED) is 0.733. The van der Waals surface area contributed by atoms with Crippen molar-refractivity contribution in [2.75, 3.05) is 6.54 Å². The van der Waals surface area contributed by atoms with E-state index in [1.54, 1.807) is 0 Å². The molecule has 0 aliphatic heterocycles. The second kappa shape index (κ2) is 6.55. The largest absolute Gasteiger partial charge is 0.314 e. The van der Waals surface area contributed by atoms with Crippen LogP contribution in [0.3, 0.4) is 0 Å². The lowest BCUT2D eigenvalue weighted by Crippen LogP contribution is -2.26. The minimum absolute atomic E-state index is 0.823. The van der Waals surface area contributed by atoms with E-state index in [0.717, 1.165) is 17.9 Å². The summed E-state index contributed by atoms with van der Waals surface area (Å²) < 4.78 is 0. The second-order valence-electron chi connectivity index (χ2n) is 5.85. The van der Waals surface area contributed by atoms with Gasteiger partial charge in [-0.05, 0) is 72.9 Å². The second-order valence-corrected chi connectivity index (χ2v) is 6.63. The third-order valence-electron chi connectivity index (χ3n) is 3.50. The van der Waals surface area contributed by atoms with Gasteiger partial charge in [0.2, 0.25) is 0 Å². The zero-order valence-electron chi connectivity index (χ0n) is 11.1. The molecule has 0 saturated heterocycles. The first kappa shape index (κ1) is 13.1. The molecule has 0 spiro atoms. The van der Waals surface area contributed by atoms with Gasteiger partial charge in [0.1, 0.15) is 0 Å². The third kappa shape index (κ3) is 5.22. The SMILES string of the molecule is CC(C)CC(CCc1ccsc1)CNC1CC1. The fraction of sp³-hybridized carbons (Fsp3) is 0.733. The standard InChI is InChI=1S/C15H25NS/c1-12(2)9-14(10-16-15-5-6-15)4-3-13-7-8-17-11-13/h7-8,11-12,14-16H,3-6,9-10H2,1-2H3. The fourth-order valence-electron chi connectivity index (χ4n) is 2.40. The molecular weight excluding hydrogens is 226 g/mol. The molecule has 1 aliphatic carbocycles. The summed E-state index contributed by atoms with van der Waals surface area (Å²) in [6, 6.07) is 3.12. The van der Waals surface area contributed by atoms with Gasteiger partial charge >= 0.3 is 0 Å². The Morgan fingerprint density at radius 2 is 2.24 bits per heavy atom. The van der Waals surface area contributed by atoms with E-state index in [1.165, 1.54) is 44.2 Å². The zero-order chi connectivity index (χ0) is 12.1. The Morgan fingerprint density at radius 3 is 2.82 bits per heavy atom. The van der Waals surface area contributed by atoms with Crippen LogP contribution >= 0.6 is 11.3 Å². The summed E-state index contributed by atoms with van der Waals surface area (Å²) in [4.78, 5) is 0. The van der Waals surface area contributed by atoms with Crippen LogP contribution in [0.1, 0.15) is 45.1 Å². The van der Waals surface area contributed by atoms with Crippen molar-refractivity contribution < 1.29 is 0 Å². The normalized spacial score (nSPS) is 17.6. The van der Waals surface area contributed by atoms with E-state index in [9.17, 15) is 0 Å². The molecule has 0 amide bonds. The minimum atomic E-state index is 0.823. The zero-order valence-corrected chi connectivity index (χ0v) is 11.9. The monoisotopic (exact) mass is 251 g/mol. The van der Waals surface area contributed by atoms with Crippen molar-refractivity contribution in [1.82, 2.24) is 5.32 Å². The molecule has 0 radical (unpaired) electrons. The molecule has 1 aromatic heterocycles. The molecule has 1 saturated carbocycles. The van der Waals surface area contributed by atoms with Crippen LogP contribution < -0.4 is 5.32 Å². The number of rotatable bonds is 8. The van der Waals surface area contributed by atoms with Crippen LogP contribution in [0.5, 0.6) is 0 Å². The maximum Gasteiger partial charge on any atom is 0.00683 e. The van der Waals surface area contributed by atoms with Crippen molar-refractivity contribution in [2.24, 2.45) is 11.8 Å². The Morgan fingerprint density at radius 1 is 1.41 bits per heavy atom. The van der Waals surface area contributed by atoms with E-state index in [-0.39, 0.29) is 0 Å². The van der Waals surface area contributed by atoms with Gasteiger partial charge in [-0.3, -0.25) is 0 Å². The van der Waals surface area contributed by atoms with Crippen LogP contribution in [-0.2, 0) is 6.42 Å². The van der Waals surface area contributed by atoms with E-state index < -0.39 is 0 Å².